The summed E-state index contributed by atoms with van der Waals surface area (Å²) >= 11 is 5.48. The van der Waals surface area contributed by atoms with Gasteiger partial charge in [-0.15, -0.1) is 0 Å². The van der Waals surface area contributed by atoms with Gasteiger partial charge in [0.1, 0.15) is 0 Å². The Kier molecular flexibility index (Phi) is 5.74. The zero-order valence-electron chi connectivity index (χ0n) is 6.95. The second kappa shape index (κ2) is 5.75. The highest BCUT2D eigenvalue weighted by Crippen LogP contribution is 1.99. The van der Waals surface area contributed by atoms with E-state index in [1.165, 1.54) is 5.57 Å². The van der Waals surface area contributed by atoms with Gasteiger partial charge in [-0.2, -0.15) is 0 Å². The van der Waals surface area contributed by atoms with Crippen LogP contribution in [0.25, 0.3) is 0 Å². The average Bonchev–Trinajstić information content (AvgIpc) is 1.87. The highest BCUT2D eigenvalue weighted by atomic mass is 35.5. The van der Waals surface area contributed by atoms with Crippen molar-refractivity contribution in [2.45, 2.75) is 33.2 Å². The Labute approximate surface area is 68.5 Å². The lowest BCUT2D eigenvalue weighted by Crippen LogP contribution is -2.23. The molecule has 0 spiro atoms. The molecule has 60 valence electrons. The Balaban J connectivity index is 3.20. The summed E-state index contributed by atoms with van der Waals surface area (Å²) in [6.07, 6.45) is 1.04. The fourth-order valence-electron chi connectivity index (χ4n) is 0.613. The average molecular weight is 162 g/mol. The van der Waals surface area contributed by atoms with E-state index in [0.29, 0.717) is 6.04 Å². The number of rotatable bonds is 4. The van der Waals surface area contributed by atoms with Gasteiger partial charge in [-0.25, -0.2) is 0 Å². The fourth-order valence-corrected chi connectivity index (χ4v) is 0.722. The Morgan fingerprint density at radius 1 is 1.60 bits per heavy atom. The van der Waals surface area contributed by atoms with Crippen LogP contribution in [0.4, 0.5) is 0 Å². The molecule has 0 saturated carbocycles. The van der Waals surface area contributed by atoms with Crippen molar-refractivity contribution >= 4 is 11.6 Å². The van der Waals surface area contributed by atoms with Gasteiger partial charge >= 0.3 is 0 Å². The molecule has 0 aliphatic rings. The molecular weight excluding hydrogens is 146 g/mol. The summed E-state index contributed by atoms with van der Waals surface area (Å²) in [6.45, 7) is 7.33. The van der Waals surface area contributed by atoms with E-state index in [1.54, 1.807) is 5.54 Å². The summed E-state index contributed by atoms with van der Waals surface area (Å²) in [4.78, 5) is 0. The van der Waals surface area contributed by atoms with E-state index in [1.807, 2.05) is 6.92 Å². The van der Waals surface area contributed by atoms with Crippen LogP contribution in [0.15, 0.2) is 11.1 Å². The second-order valence-electron chi connectivity index (χ2n) is 2.81. The SMILES string of the molecule is CC(=CCl)CCNC(C)C. The van der Waals surface area contributed by atoms with Gasteiger partial charge in [0.25, 0.3) is 0 Å². The lowest BCUT2D eigenvalue weighted by atomic mass is 10.2. The highest BCUT2D eigenvalue weighted by molar-refractivity contribution is 6.25. The quantitative estimate of drug-likeness (QED) is 0.668. The molecule has 0 radical (unpaired) electrons. The largest absolute Gasteiger partial charge is 0.314 e. The van der Waals surface area contributed by atoms with E-state index >= 15 is 0 Å². The van der Waals surface area contributed by atoms with Crippen molar-refractivity contribution in [3.8, 4) is 0 Å². The molecule has 0 aromatic heterocycles. The van der Waals surface area contributed by atoms with Gasteiger partial charge in [0.2, 0.25) is 0 Å². The molecule has 0 amide bonds. The van der Waals surface area contributed by atoms with E-state index in [0.717, 1.165) is 13.0 Å². The van der Waals surface area contributed by atoms with E-state index in [4.69, 9.17) is 11.6 Å². The van der Waals surface area contributed by atoms with Crippen molar-refractivity contribution in [1.29, 1.82) is 0 Å². The third-order valence-electron chi connectivity index (χ3n) is 1.26. The maximum Gasteiger partial charge on any atom is 0.00321 e. The first-order valence-corrected chi connectivity index (χ1v) is 4.09. The van der Waals surface area contributed by atoms with Crippen LogP contribution in [0, 0.1) is 0 Å². The Bertz CT molecular complexity index is 108. The van der Waals surface area contributed by atoms with Gasteiger partial charge in [-0.3, -0.25) is 0 Å². The van der Waals surface area contributed by atoms with E-state index in [-0.39, 0.29) is 0 Å². The van der Waals surface area contributed by atoms with Crippen molar-refractivity contribution in [3.63, 3.8) is 0 Å². The molecule has 0 atom stereocenters. The maximum atomic E-state index is 5.48. The standard InChI is InChI=1S/C8H16ClN/c1-7(2)10-5-4-8(3)6-9/h6-7,10H,4-5H2,1-3H3. The molecule has 0 heterocycles. The van der Waals surface area contributed by atoms with Crippen molar-refractivity contribution in [2.24, 2.45) is 0 Å². The number of hydrogen-bond donors (Lipinski definition) is 1. The monoisotopic (exact) mass is 161 g/mol. The lowest BCUT2D eigenvalue weighted by Gasteiger charge is -2.06. The Morgan fingerprint density at radius 2 is 2.20 bits per heavy atom. The van der Waals surface area contributed by atoms with Crippen LogP contribution in [-0.4, -0.2) is 12.6 Å². The van der Waals surface area contributed by atoms with E-state index in [9.17, 15) is 0 Å². The number of nitrogens with one attached hydrogen (secondary N) is 1. The van der Waals surface area contributed by atoms with Crippen LogP contribution in [0.3, 0.4) is 0 Å². The van der Waals surface area contributed by atoms with E-state index in [2.05, 4.69) is 19.2 Å². The first kappa shape index (κ1) is 9.99. The summed E-state index contributed by atoms with van der Waals surface area (Å²) in [5.74, 6) is 0. The topological polar surface area (TPSA) is 12.0 Å². The molecular formula is C8H16ClN. The molecule has 2 heteroatoms. The first-order valence-electron chi connectivity index (χ1n) is 3.66. The molecule has 0 fully saturated rings. The molecule has 1 nitrogen and oxygen atoms in total. The molecule has 0 aromatic carbocycles. The normalized spacial score (nSPS) is 12.7. The van der Waals surface area contributed by atoms with Crippen LogP contribution in [-0.2, 0) is 0 Å². The van der Waals surface area contributed by atoms with Crippen LogP contribution in [0.2, 0.25) is 0 Å². The second-order valence-corrected chi connectivity index (χ2v) is 3.03. The molecule has 0 rings (SSSR count). The molecule has 0 aromatic rings. The third kappa shape index (κ3) is 6.12. The smallest absolute Gasteiger partial charge is 0.00321 e. The Morgan fingerprint density at radius 3 is 2.60 bits per heavy atom. The highest BCUT2D eigenvalue weighted by Gasteiger charge is 1.91. The van der Waals surface area contributed by atoms with Crippen molar-refractivity contribution in [1.82, 2.24) is 5.32 Å². The minimum absolute atomic E-state index is 0.572. The van der Waals surface area contributed by atoms with Crippen molar-refractivity contribution < 1.29 is 0 Å². The van der Waals surface area contributed by atoms with Gasteiger partial charge in [-0.1, -0.05) is 31.0 Å². The summed E-state index contributed by atoms with van der Waals surface area (Å²) in [5.41, 5.74) is 2.87. The van der Waals surface area contributed by atoms with Gasteiger partial charge in [0.15, 0.2) is 0 Å². The third-order valence-corrected chi connectivity index (χ3v) is 1.63. The van der Waals surface area contributed by atoms with Crippen LogP contribution in [0.5, 0.6) is 0 Å². The minimum atomic E-state index is 0.572. The number of hydrogen-bond acceptors (Lipinski definition) is 1. The lowest BCUT2D eigenvalue weighted by molar-refractivity contribution is 0.589. The van der Waals surface area contributed by atoms with Crippen molar-refractivity contribution in [2.75, 3.05) is 6.54 Å². The molecule has 0 aliphatic carbocycles. The Hall–Kier alpha value is -0.0100. The zero-order chi connectivity index (χ0) is 7.98. The predicted molar refractivity (Wildman–Crippen MR) is 47.4 cm³/mol. The summed E-state index contributed by atoms with van der Waals surface area (Å²) in [5, 5.41) is 3.31. The van der Waals surface area contributed by atoms with Crippen LogP contribution in [0.1, 0.15) is 27.2 Å². The molecule has 0 aliphatic heterocycles. The molecule has 0 unspecified atom stereocenters. The molecule has 0 saturated heterocycles. The van der Waals surface area contributed by atoms with Crippen molar-refractivity contribution in [3.05, 3.63) is 11.1 Å². The van der Waals surface area contributed by atoms with Crippen LogP contribution >= 0.6 is 11.6 Å². The number of halogens is 1. The van der Waals surface area contributed by atoms with Gasteiger partial charge in [-0.05, 0) is 19.9 Å². The molecule has 1 N–H and O–H groups in total. The van der Waals surface area contributed by atoms with E-state index < -0.39 is 0 Å². The summed E-state index contributed by atoms with van der Waals surface area (Å²) < 4.78 is 0. The van der Waals surface area contributed by atoms with Gasteiger partial charge in [0, 0.05) is 11.6 Å². The van der Waals surface area contributed by atoms with Gasteiger partial charge < -0.3 is 5.32 Å². The first-order chi connectivity index (χ1) is 4.66. The summed E-state index contributed by atoms with van der Waals surface area (Å²) in [7, 11) is 0. The molecule has 10 heavy (non-hydrogen) atoms. The minimum Gasteiger partial charge on any atom is -0.314 e. The summed E-state index contributed by atoms with van der Waals surface area (Å²) in [6, 6.07) is 0.572. The molecule has 0 bridgehead atoms. The maximum absolute atomic E-state index is 5.48. The predicted octanol–water partition coefficient (Wildman–Crippen LogP) is 2.52. The zero-order valence-corrected chi connectivity index (χ0v) is 7.70. The fraction of sp³-hybridized carbons (Fsp3) is 0.750. The van der Waals surface area contributed by atoms with Gasteiger partial charge in [0.05, 0.1) is 0 Å². The van der Waals surface area contributed by atoms with Crippen LogP contribution < -0.4 is 5.32 Å².